The molecule has 0 bridgehead atoms. The van der Waals surface area contributed by atoms with Gasteiger partial charge in [-0.3, -0.25) is 18.6 Å². The summed E-state index contributed by atoms with van der Waals surface area (Å²) < 4.78 is 32.5. The van der Waals surface area contributed by atoms with Gasteiger partial charge in [-0.05, 0) is 32.1 Å². The van der Waals surface area contributed by atoms with E-state index in [4.69, 9.17) is 19.1 Å². The molecule has 11 heteroatoms. The lowest BCUT2D eigenvalue weighted by molar-refractivity contribution is -0.161. The van der Waals surface area contributed by atoms with Crippen LogP contribution in [-0.4, -0.2) is 65.7 Å². The Morgan fingerprint density at radius 1 is 0.660 bits per heavy atom. The predicted octanol–water partition coefficient (Wildman–Crippen LogP) is 8.44. The van der Waals surface area contributed by atoms with Crippen molar-refractivity contribution in [1.82, 2.24) is 0 Å². The molecule has 0 aliphatic heterocycles. The minimum atomic E-state index is -4.61. The first kappa shape index (κ1) is 45.2. The second kappa shape index (κ2) is 32.7. The molecule has 3 atom stereocenters. The minimum absolute atomic E-state index is 0.162. The van der Waals surface area contributed by atoms with Gasteiger partial charge in [0.05, 0.1) is 19.8 Å². The molecule has 0 amide bonds. The Kier molecular flexibility index (Phi) is 31.5. The van der Waals surface area contributed by atoms with Crippen molar-refractivity contribution >= 4 is 19.8 Å². The Hall–Kier alpha value is -1.81. The average molecular weight is 689 g/mol. The fourth-order valence-electron chi connectivity index (χ4n) is 4.58. The molecule has 10 nitrogen and oxygen atoms in total. The zero-order valence-corrected chi connectivity index (χ0v) is 30.1. The first-order valence-electron chi connectivity index (χ1n) is 18.0. The number of hydrogen-bond donors (Lipinski definition) is 3. The maximum atomic E-state index is 12.5. The highest BCUT2D eigenvalue weighted by atomic mass is 31.2. The monoisotopic (exact) mass is 688 g/mol. The summed E-state index contributed by atoms with van der Waals surface area (Å²) in [5.74, 6) is -0.952. The van der Waals surface area contributed by atoms with E-state index in [2.05, 4.69) is 30.5 Å². The van der Waals surface area contributed by atoms with Crippen LogP contribution in [0.3, 0.4) is 0 Å². The van der Waals surface area contributed by atoms with Gasteiger partial charge in [-0.1, -0.05) is 134 Å². The highest BCUT2D eigenvalue weighted by molar-refractivity contribution is 7.47. The van der Waals surface area contributed by atoms with Crippen LogP contribution in [0, 0.1) is 0 Å². The molecule has 0 heterocycles. The van der Waals surface area contributed by atoms with Crippen molar-refractivity contribution in [3.05, 3.63) is 36.5 Å². The molecule has 0 rings (SSSR count). The van der Waals surface area contributed by atoms with Gasteiger partial charge in [0, 0.05) is 12.8 Å². The number of carbonyl (C=O) groups excluding carboxylic acids is 2. The molecule has 0 aromatic heterocycles. The SMILES string of the molecule is CC/C=C/C=C/C=C/CCCCCCCC(=O)OC(COC(=O)CCCCCCCCCCCCC)COP(=O)(O)OC[C@@H](O)CO. The third-order valence-electron chi connectivity index (χ3n) is 7.37. The molecule has 274 valence electrons. The van der Waals surface area contributed by atoms with E-state index in [9.17, 15) is 24.2 Å². The number of esters is 2. The van der Waals surface area contributed by atoms with Crippen LogP contribution in [0.25, 0.3) is 0 Å². The molecule has 0 spiro atoms. The van der Waals surface area contributed by atoms with Crippen molar-refractivity contribution in [1.29, 1.82) is 0 Å². The van der Waals surface area contributed by atoms with Crippen LogP contribution in [0.1, 0.15) is 142 Å². The quantitative estimate of drug-likeness (QED) is 0.0265. The molecular weight excluding hydrogens is 623 g/mol. The Labute approximate surface area is 284 Å². The highest BCUT2D eigenvalue weighted by Crippen LogP contribution is 2.43. The molecule has 0 aromatic rings. The summed E-state index contributed by atoms with van der Waals surface area (Å²) >= 11 is 0. The molecule has 0 aliphatic carbocycles. The van der Waals surface area contributed by atoms with Gasteiger partial charge in [0.2, 0.25) is 0 Å². The fraction of sp³-hybridized carbons (Fsp3) is 0.778. The number of rotatable bonds is 33. The topological polar surface area (TPSA) is 149 Å². The lowest BCUT2D eigenvalue weighted by Gasteiger charge is -2.20. The average Bonchev–Trinajstić information content (AvgIpc) is 3.05. The van der Waals surface area contributed by atoms with Gasteiger partial charge in [0.15, 0.2) is 6.10 Å². The molecule has 0 radical (unpaired) electrons. The molecule has 0 saturated carbocycles. The number of aliphatic hydroxyl groups is 2. The summed E-state index contributed by atoms with van der Waals surface area (Å²) in [5, 5.41) is 18.2. The third-order valence-corrected chi connectivity index (χ3v) is 8.32. The normalized spacial score (nSPS) is 14.6. The standard InChI is InChI=1S/C36H65O10P/c1-3-5-7-9-11-13-15-16-18-20-22-24-26-28-36(40)46-34(32-45-47(41,42)44-30-33(38)29-37)31-43-35(39)27-25-23-21-19-17-14-12-10-8-6-4-2/h5,7,9,11,13,15,33-34,37-38H,3-4,6,8,10,12,14,16-32H2,1-2H3,(H,41,42)/b7-5+,11-9+,15-13+/t33-,34?/m0/s1. The minimum Gasteiger partial charge on any atom is -0.462 e. The number of ether oxygens (including phenoxy) is 2. The van der Waals surface area contributed by atoms with Gasteiger partial charge in [-0.15, -0.1) is 0 Å². The first-order chi connectivity index (χ1) is 22.7. The van der Waals surface area contributed by atoms with Crippen LogP contribution in [0.5, 0.6) is 0 Å². The van der Waals surface area contributed by atoms with E-state index in [1.807, 2.05) is 24.3 Å². The van der Waals surface area contributed by atoms with Crippen LogP contribution < -0.4 is 0 Å². The maximum Gasteiger partial charge on any atom is 0.472 e. The Bertz CT molecular complexity index is 889. The molecule has 2 unspecified atom stereocenters. The van der Waals surface area contributed by atoms with Crippen molar-refractivity contribution in [3.8, 4) is 0 Å². The fourth-order valence-corrected chi connectivity index (χ4v) is 5.37. The van der Waals surface area contributed by atoms with Crippen LogP contribution in [-0.2, 0) is 32.7 Å². The van der Waals surface area contributed by atoms with Crippen molar-refractivity contribution in [2.24, 2.45) is 0 Å². The number of aliphatic hydroxyl groups excluding tert-OH is 2. The summed E-state index contributed by atoms with van der Waals surface area (Å²) in [7, 11) is -4.61. The largest absolute Gasteiger partial charge is 0.472 e. The molecule has 0 aromatic carbocycles. The second-order valence-corrected chi connectivity index (χ2v) is 13.4. The number of phosphoric ester groups is 1. The van der Waals surface area contributed by atoms with Crippen molar-refractivity contribution in [2.75, 3.05) is 26.4 Å². The van der Waals surface area contributed by atoms with Crippen LogP contribution in [0.15, 0.2) is 36.5 Å². The molecule has 0 fully saturated rings. The summed E-state index contributed by atoms with van der Waals surface area (Å²) in [6.45, 7) is 2.18. The predicted molar refractivity (Wildman–Crippen MR) is 187 cm³/mol. The van der Waals surface area contributed by atoms with E-state index < -0.39 is 51.8 Å². The van der Waals surface area contributed by atoms with Gasteiger partial charge in [-0.25, -0.2) is 4.57 Å². The number of carbonyl (C=O) groups is 2. The van der Waals surface area contributed by atoms with Gasteiger partial charge in [-0.2, -0.15) is 0 Å². The zero-order chi connectivity index (χ0) is 34.9. The van der Waals surface area contributed by atoms with E-state index in [1.54, 1.807) is 0 Å². The molecule has 0 saturated heterocycles. The molecule has 3 N–H and O–H groups in total. The zero-order valence-electron chi connectivity index (χ0n) is 29.2. The lowest BCUT2D eigenvalue weighted by atomic mass is 10.1. The van der Waals surface area contributed by atoms with Gasteiger partial charge >= 0.3 is 19.8 Å². The van der Waals surface area contributed by atoms with Crippen LogP contribution in [0.2, 0.25) is 0 Å². The Balaban J connectivity index is 4.44. The summed E-state index contributed by atoms with van der Waals surface area (Å²) in [6, 6.07) is 0. The first-order valence-corrected chi connectivity index (χ1v) is 19.5. The van der Waals surface area contributed by atoms with Gasteiger partial charge < -0.3 is 24.6 Å². The molecular formula is C36H65O10P. The van der Waals surface area contributed by atoms with Crippen LogP contribution >= 0.6 is 7.82 Å². The summed E-state index contributed by atoms with van der Waals surface area (Å²) in [6.07, 6.45) is 29.8. The smallest absolute Gasteiger partial charge is 0.462 e. The number of hydrogen-bond acceptors (Lipinski definition) is 9. The third kappa shape index (κ3) is 32.5. The van der Waals surface area contributed by atoms with Crippen molar-refractivity contribution in [2.45, 2.75) is 154 Å². The number of unbranched alkanes of at least 4 members (excludes halogenated alkanes) is 15. The lowest BCUT2D eigenvalue weighted by Crippen LogP contribution is -2.29. The van der Waals surface area contributed by atoms with Crippen LogP contribution in [0.4, 0.5) is 0 Å². The Morgan fingerprint density at radius 2 is 1.17 bits per heavy atom. The summed E-state index contributed by atoms with van der Waals surface area (Å²) in [5.41, 5.74) is 0. The van der Waals surface area contributed by atoms with Gasteiger partial charge in [0.25, 0.3) is 0 Å². The Morgan fingerprint density at radius 3 is 1.74 bits per heavy atom. The van der Waals surface area contributed by atoms with Crippen molar-refractivity contribution < 1.29 is 47.8 Å². The van der Waals surface area contributed by atoms with E-state index in [0.717, 1.165) is 57.8 Å². The number of allylic oxidation sites excluding steroid dienone is 6. The number of phosphoric acid groups is 1. The van der Waals surface area contributed by atoms with E-state index in [-0.39, 0.29) is 19.4 Å². The highest BCUT2D eigenvalue weighted by Gasteiger charge is 2.27. The van der Waals surface area contributed by atoms with E-state index >= 15 is 0 Å². The van der Waals surface area contributed by atoms with Crippen molar-refractivity contribution in [3.63, 3.8) is 0 Å². The summed E-state index contributed by atoms with van der Waals surface area (Å²) in [4.78, 5) is 34.7. The molecule has 0 aliphatic rings. The van der Waals surface area contributed by atoms with E-state index in [1.165, 1.54) is 44.9 Å². The second-order valence-electron chi connectivity index (χ2n) is 11.9. The molecule has 47 heavy (non-hydrogen) atoms. The van der Waals surface area contributed by atoms with Gasteiger partial charge in [0.1, 0.15) is 12.7 Å². The van der Waals surface area contributed by atoms with E-state index in [0.29, 0.717) is 12.8 Å². The maximum absolute atomic E-state index is 12.5.